The summed E-state index contributed by atoms with van der Waals surface area (Å²) in [6.45, 7) is 16.8. The highest BCUT2D eigenvalue weighted by Crippen LogP contribution is 2.42. The summed E-state index contributed by atoms with van der Waals surface area (Å²) >= 11 is 0. The van der Waals surface area contributed by atoms with Crippen molar-refractivity contribution in [2.75, 3.05) is 0 Å². The summed E-state index contributed by atoms with van der Waals surface area (Å²) in [7, 11) is -0.820. The van der Waals surface area contributed by atoms with Gasteiger partial charge in [-0.2, -0.15) is 0 Å². The molecule has 0 spiro atoms. The molecule has 0 atom stereocenters. The van der Waals surface area contributed by atoms with Crippen molar-refractivity contribution in [1.29, 1.82) is 0 Å². The van der Waals surface area contributed by atoms with Crippen LogP contribution in [-0.4, -0.2) is 36.6 Å². The van der Waals surface area contributed by atoms with E-state index in [-0.39, 0.29) is 22.4 Å². The molecular formula is C32H34B2O4. The second kappa shape index (κ2) is 7.51. The van der Waals surface area contributed by atoms with E-state index in [1.807, 2.05) is 0 Å². The molecule has 4 nitrogen and oxygen atoms in total. The van der Waals surface area contributed by atoms with Gasteiger partial charge in [0.2, 0.25) is 0 Å². The lowest BCUT2D eigenvalue weighted by molar-refractivity contribution is 0.00578. The van der Waals surface area contributed by atoms with Crippen LogP contribution in [0, 0.1) is 0 Å². The van der Waals surface area contributed by atoms with Crippen LogP contribution < -0.4 is 10.9 Å². The Morgan fingerprint density at radius 1 is 0.395 bits per heavy atom. The van der Waals surface area contributed by atoms with E-state index in [0.717, 1.165) is 10.9 Å². The first-order valence-corrected chi connectivity index (χ1v) is 13.6. The lowest BCUT2D eigenvalue weighted by Gasteiger charge is -2.32. The van der Waals surface area contributed by atoms with E-state index in [2.05, 4.69) is 116 Å². The summed E-state index contributed by atoms with van der Waals surface area (Å²) in [5.41, 5.74) is 0.597. The lowest BCUT2D eigenvalue weighted by Crippen LogP contribution is -2.41. The zero-order valence-electron chi connectivity index (χ0n) is 23.6. The van der Waals surface area contributed by atoms with Crippen LogP contribution in [0.1, 0.15) is 55.4 Å². The number of rotatable bonds is 2. The van der Waals surface area contributed by atoms with Gasteiger partial charge in [-0.15, -0.1) is 0 Å². The lowest BCUT2D eigenvalue weighted by atomic mass is 9.72. The molecule has 2 aliphatic rings. The molecular weight excluding hydrogens is 470 g/mol. The van der Waals surface area contributed by atoms with Crippen molar-refractivity contribution in [3.8, 4) is 0 Å². The van der Waals surface area contributed by atoms with Gasteiger partial charge in [0.15, 0.2) is 0 Å². The summed E-state index contributed by atoms with van der Waals surface area (Å²) in [6, 6.07) is 22.0. The molecule has 0 saturated carbocycles. The Labute approximate surface area is 225 Å². The fourth-order valence-corrected chi connectivity index (χ4v) is 6.11. The Balaban J connectivity index is 1.47. The Bertz CT molecular complexity index is 1570. The highest BCUT2D eigenvalue weighted by Gasteiger charge is 2.53. The van der Waals surface area contributed by atoms with Gasteiger partial charge in [-0.3, -0.25) is 0 Å². The normalized spacial score (nSPS) is 22.0. The molecule has 6 heteroatoms. The average Bonchev–Trinajstić information content (AvgIpc) is 3.20. The molecule has 2 fully saturated rings. The zero-order chi connectivity index (χ0) is 26.8. The minimum absolute atomic E-state index is 0.389. The number of benzene rings is 5. The van der Waals surface area contributed by atoms with Gasteiger partial charge in [0.05, 0.1) is 22.4 Å². The maximum Gasteiger partial charge on any atom is 0.495 e. The van der Waals surface area contributed by atoms with Gasteiger partial charge >= 0.3 is 14.2 Å². The molecule has 192 valence electrons. The van der Waals surface area contributed by atoms with E-state index in [1.165, 1.54) is 43.1 Å². The van der Waals surface area contributed by atoms with Crippen molar-refractivity contribution in [3.05, 3.63) is 60.7 Å². The molecule has 0 radical (unpaired) electrons. The van der Waals surface area contributed by atoms with E-state index in [4.69, 9.17) is 18.6 Å². The topological polar surface area (TPSA) is 36.9 Å². The molecule has 38 heavy (non-hydrogen) atoms. The smallest absolute Gasteiger partial charge is 0.399 e. The number of fused-ring (bicyclic) bond motifs is 2. The molecule has 0 N–H and O–H groups in total. The van der Waals surface area contributed by atoms with Crippen LogP contribution in [0.15, 0.2) is 60.7 Å². The van der Waals surface area contributed by atoms with Crippen LogP contribution in [0.2, 0.25) is 0 Å². The van der Waals surface area contributed by atoms with Crippen LogP contribution in [0.4, 0.5) is 0 Å². The van der Waals surface area contributed by atoms with E-state index in [0.29, 0.717) is 0 Å². The van der Waals surface area contributed by atoms with Crippen LogP contribution in [0.25, 0.3) is 43.1 Å². The largest absolute Gasteiger partial charge is 0.495 e. The minimum atomic E-state index is -0.410. The number of hydrogen-bond donors (Lipinski definition) is 0. The summed E-state index contributed by atoms with van der Waals surface area (Å²) in [4.78, 5) is 0. The monoisotopic (exact) mass is 504 g/mol. The van der Waals surface area contributed by atoms with Gasteiger partial charge in [-0.1, -0.05) is 60.7 Å². The molecule has 2 aliphatic heterocycles. The van der Waals surface area contributed by atoms with E-state index in [1.54, 1.807) is 0 Å². The first-order chi connectivity index (χ1) is 17.8. The van der Waals surface area contributed by atoms with Crippen molar-refractivity contribution in [2.24, 2.45) is 0 Å². The minimum Gasteiger partial charge on any atom is -0.399 e. The van der Waals surface area contributed by atoms with E-state index < -0.39 is 14.2 Å². The van der Waals surface area contributed by atoms with Crippen molar-refractivity contribution < 1.29 is 18.6 Å². The molecule has 0 aromatic heterocycles. The maximum atomic E-state index is 6.47. The third-order valence-corrected chi connectivity index (χ3v) is 9.74. The third kappa shape index (κ3) is 3.15. The molecule has 2 heterocycles. The van der Waals surface area contributed by atoms with Gasteiger partial charge in [-0.05, 0) is 109 Å². The van der Waals surface area contributed by atoms with Crippen LogP contribution >= 0.6 is 0 Å². The summed E-state index contributed by atoms with van der Waals surface area (Å²) < 4.78 is 25.9. The van der Waals surface area contributed by atoms with Crippen LogP contribution in [-0.2, 0) is 18.6 Å². The highest BCUT2D eigenvalue weighted by atomic mass is 16.7. The third-order valence-electron chi connectivity index (χ3n) is 9.74. The van der Waals surface area contributed by atoms with Gasteiger partial charge < -0.3 is 18.6 Å². The maximum absolute atomic E-state index is 6.47. The quantitative estimate of drug-likeness (QED) is 0.160. The predicted octanol–water partition coefficient (Wildman–Crippen LogP) is 6.34. The predicted molar refractivity (Wildman–Crippen MR) is 159 cm³/mol. The Morgan fingerprint density at radius 3 is 1.03 bits per heavy atom. The van der Waals surface area contributed by atoms with Crippen molar-refractivity contribution in [1.82, 2.24) is 0 Å². The van der Waals surface area contributed by atoms with Gasteiger partial charge in [0.1, 0.15) is 0 Å². The van der Waals surface area contributed by atoms with Crippen LogP contribution in [0.3, 0.4) is 0 Å². The van der Waals surface area contributed by atoms with Gasteiger partial charge in [0, 0.05) is 0 Å². The second-order valence-electron chi connectivity index (χ2n) is 13.0. The molecule has 0 aliphatic carbocycles. The van der Waals surface area contributed by atoms with Crippen LogP contribution in [0.5, 0.6) is 0 Å². The Morgan fingerprint density at radius 2 is 0.684 bits per heavy atom. The fourth-order valence-electron chi connectivity index (χ4n) is 6.11. The molecule has 2 saturated heterocycles. The van der Waals surface area contributed by atoms with Crippen molar-refractivity contribution in [2.45, 2.75) is 77.8 Å². The summed E-state index contributed by atoms with van der Waals surface area (Å²) in [5.74, 6) is 0. The van der Waals surface area contributed by atoms with Crippen molar-refractivity contribution in [3.63, 3.8) is 0 Å². The summed E-state index contributed by atoms with van der Waals surface area (Å²) in [5, 5.41) is 9.80. The second-order valence-corrected chi connectivity index (χ2v) is 13.0. The molecule has 0 bridgehead atoms. The Kier molecular flexibility index (Phi) is 4.83. The molecule has 5 aromatic carbocycles. The first-order valence-electron chi connectivity index (χ1n) is 13.6. The zero-order valence-corrected chi connectivity index (χ0v) is 23.6. The summed E-state index contributed by atoms with van der Waals surface area (Å²) in [6.07, 6.45) is 0. The fraction of sp³-hybridized carbons (Fsp3) is 0.375. The van der Waals surface area contributed by atoms with E-state index >= 15 is 0 Å². The molecule has 0 amide bonds. The molecule has 0 unspecified atom stereocenters. The molecule has 7 rings (SSSR count). The van der Waals surface area contributed by atoms with E-state index in [9.17, 15) is 0 Å². The number of hydrogen-bond acceptors (Lipinski definition) is 4. The SMILES string of the molecule is CC1(C)OB(c2ccc3c4ccc(B5OC(C)(C)C(C)(C)O5)c5cccc(c6cccc2c63)c54)OC1(C)C. The molecule has 5 aromatic rings. The van der Waals surface area contributed by atoms with Gasteiger partial charge in [-0.25, -0.2) is 0 Å². The Hall–Kier alpha value is -2.63. The average molecular weight is 504 g/mol. The van der Waals surface area contributed by atoms with Gasteiger partial charge in [0.25, 0.3) is 0 Å². The highest BCUT2D eigenvalue weighted by molar-refractivity contribution is 6.67. The standard InChI is InChI=1S/C32H34B2O4/c1-29(2)30(3,4)36-33(35-29)25-17-15-21-22-16-18-26(34-37-31(5,6)32(7,8)38-34)24-14-10-12-20(28(22)24)19-11-9-13-23(25)27(19)21/h9-18H,1-8H3. The first kappa shape index (κ1) is 24.4. The van der Waals surface area contributed by atoms with Crippen molar-refractivity contribution >= 4 is 68.3 Å².